The lowest BCUT2D eigenvalue weighted by molar-refractivity contribution is -0.140. The van der Waals surface area contributed by atoms with Gasteiger partial charge in [0.05, 0.1) is 13.7 Å². The molecule has 33 heavy (non-hydrogen) atoms. The molecule has 4 rings (SSSR count). The second-order valence-electron chi connectivity index (χ2n) is 6.94. The van der Waals surface area contributed by atoms with E-state index in [0.717, 1.165) is 11.6 Å². The molecule has 1 aromatic carbocycles. The molecule has 0 unspecified atom stereocenters. The molecule has 11 heteroatoms. The van der Waals surface area contributed by atoms with Gasteiger partial charge in [0, 0.05) is 29.9 Å². The smallest absolute Gasteiger partial charge is 0.433 e. The van der Waals surface area contributed by atoms with Crippen molar-refractivity contribution >= 4 is 16.8 Å². The van der Waals surface area contributed by atoms with E-state index in [0.29, 0.717) is 10.9 Å². The Morgan fingerprint density at radius 2 is 2.00 bits per heavy atom. The Hall–Kier alpha value is -3.99. The summed E-state index contributed by atoms with van der Waals surface area (Å²) in [5, 5.41) is 3.03. The van der Waals surface area contributed by atoms with E-state index in [9.17, 15) is 18.0 Å². The lowest BCUT2D eigenvalue weighted by Crippen LogP contribution is -2.24. The van der Waals surface area contributed by atoms with E-state index < -0.39 is 17.8 Å². The van der Waals surface area contributed by atoms with Crippen LogP contribution in [0.15, 0.2) is 53.2 Å². The van der Waals surface area contributed by atoms with Crippen molar-refractivity contribution in [1.82, 2.24) is 20.3 Å². The van der Waals surface area contributed by atoms with Crippen LogP contribution in [0, 0.1) is 0 Å². The minimum atomic E-state index is -4.62. The third kappa shape index (κ3) is 4.48. The zero-order valence-corrected chi connectivity index (χ0v) is 17.3. The Bertz CT molecular complexity index is 1310. The number of hydrogen-bond acceptors (Lipinski definition) is 7. The number of rotatable bonds is 6. The van der Waals surface area contributed by atoms with Gasteiger partial charge in [0.2, 0.25) is 5.89 Å². The molecule has 3 heterocycles. The summed E-state index contributed by atoms with van der Waals surface area (Å²) in [5.41, 5.74) is 5.77. The van der Waals surface area contributed by atoms with E-state index >= 15 is 0 Å². The summed E-state index contributed by atoms with van der Waals surface area (Å²) < 4.78 is 50.4. The molecule has 0 fully saturated rings. The molecule has 0 saturated carbocycles. The predicted molar refractivity (Wildman–Crippen MR) is 112 cm³/mol. The molecule has 0 saturated heterocycles. The molecular formula is C22H18F3N5O3. The Balaban J connectivity index is 1.72. The van der Waals surface area contributed by atoms with Crippen LogP contribution in [0.25, 0.3) is 22.4 Å². The maximum absolute atomic E-state index is 13.2. The summed E-state index contributed by atoms with van der Waals surface area (Å²) in [7, 11) is 1.33. The van der Waals surface area contributed by atoms with Gasteiger partial charge in [-0.2, -0.15) is 13.2 Å². The van der Waals surface area contributed by atoms with Crippen LogP contribution >= 0.6 is 0 Å². The Kier molecular flexibility index (Phi) is 5.97. The molecule has 3 N–H and O–H groups in total. The highest BCUT2D eigenvalue weighted by atomic mass is 19.4. The van der Waals surface area contributed by atoms with Crippen molar-refractivity contribution in [2.45, 2.75) is 19.3 Å². The summed E-state index contributed by atoms with van der Waals surface area (Å²) >= 11 is 0. The van der Waals surface area contributed by atoms with Crippen LogP contribution in [0.4, 0.5) is 13.2 Å². The zero-order valence-electron chi connectivity index (χ0n) is 17.3. The van der Waals surface area contributed by atoms with Gasteiger partial charge in [-0.1, -0.05) is 6.07 Å². The first kappa shape index (κ1) is 22.2. The number of pyridine rings is 2. The lowest BCUT2D eigenvalue weighted by Gasteiger charge is -2.11. The maximum Gasteiger partial charge on any atom is 0.433 e. The number of carbonyl (C=O) groups is 1. The summed E-state index contributed by atoms with van der Waals surface area (Å²) in [5.74, 6) is -0.196. The zero-order chi connectivity index (χ0) is 23.6. The number of benzene rings is 1. The third-order valence-electron chi connectivity index (χ3n) is 4.83. The van der Waals surface area contributed by atoms with E-state index in [1.807, 2.05) is 0 Å². The average Bonchev–Trinajstić information content (AvgIpc) is 3.26. The van der Waals surface area contributed by atoms with Gasteiger partial charge in [-0.05, 0) is 35.9 Å². The van der Waals surface area contributed by atoms with Crippen LogP contribution in [0.1, 0.15) is 27.5 Å². The Labute approximate surface area is 185 Å². The molecule has 0 aliphatic heterocycles. The van der Waals surface area contributed by atoms with Crippen LogP contribution in [-0.2, 0) is 19.3 Å². The normalized spacial score (nSPS) is 11.5. The fourth-order valence-electron chi connectivity index (χ4n) is 3.25. The first-order valence-electron chi connectivity index (χ1n) is 9.74. The highest BCUT2D eigenvalue weighted by molar-refractivity contribution is 5.98. The van der Waals surface area contributed by atoms with Crippen molar-refractivity contribution in [3.63, 3.8) is 0 Å². The molecule has 0 radical (unpaired) electrons. The van der Waals surface area contributed by atoms with E-state index in [-0.39, 0.29) is 41.7 Å². The minimum absolute atomic E-state index is 0.0137. The number of oxazole rings is 1. The van der Waals surface area contributed by atoms with Crippen molar-refractivity contribution in [3.8, 4) is 17.2 Å². The minimum Gasteiger partial charge on any atom is -0.494 e. The van der Waals surface area contributed by atoms with Crippen molar-refractivity contribution in [1.29, 1.82) is 0 Å². The lowest BCUT2D eigenvalue weighted by atomic mass is 10.1. The van der Waals surface area contributed by atoms with E-state index in [4.69, 9.17) is 14.9 Å². The SMILES string of the molecule is COc1ccc(-c2nc(C(=O)NCc3cccnc3)c(CN)o2)c2ccc(C(F)(F)F)nc12. The summed E-state index contributed by atoms with van der Waals surface area (Å²) in [4.78, 5) is 24.7. The van der Waals surface area contributed by atoms with Crippen LogP contribution in [0.2, 0.25) is 0 Å². The van der Waals surface area contributed by atoms with Crippen LogP contribution in [0.5, 0.6) is 5.75 Å². The van der Waals surface area contributed by atoms with Crippen molar-refractivity contribution in [3.05, 3.63) is 71.5 Å². The summed E-state index contributed by atoms with van der Waals surface area (Å²) in [6.45, 7) is 0.113. The highest BCUT2D eigenvalue weighted by Gasteiger charge is 2.33. The van der Waals surface area contributed by atoms with Gasteiger partial charge in [-0.15, -0.1) is 0 Å². The number of halogens is 3. The van der Waals surface area contributed by atoms with Crippen molar-refractivity contribution in [2.24, 2.45) is 5.73 Å². The molecule has 4 aromatic rings. The van der Waals surface area contributed by atoms with Gasteiger partial charge in [-0.3, -0.25) is 9.78 Å². The number of methoxy groups -OCH3 is 1. The number of fused-ring (bicyclic) bond motifs is 1. The molecule has 0 bridgehead atoms. The van der Waals surface area contributed by atoms with Crippen molar-refractivity contribution < 1.29 is 27.1 Å². The van der Waals surface area contributed by atoms with E-state index in [2.05, 4.69) is 20.3 Å². The molecule has 0 atom stereocenters. The van der Waals surface area contributed by atoms with Gasteiger partial charge in [0.1, 0.15) is 17.0 Å². The number of amides is 1. The monoisotopic (exact) mass is 457 g/mol. The van der Waals surface area contributed by atoms with Crippen LogP contribution in [-0.4, -0.2) is 28.0 Å². The van der Waals surface area contributed by atoms with Gasteiger partial charge in [-0.25, -0.2) is 9.97 Å². The average molecular weight is 457 g/mol. The Morgan fingerprint density at radius 1 is 1.18 bits per heavy atom. The molecular weight excluding hydrogens is 439 g/mol. The van der Waals surface area contributed by atoms with Gasteiger partial charge < -0.3 is 20.2 Å². The fourth-order valence-corrected chi connectivity index (χ4v) is 3.25. The van der Waals surface area contributed by atoms with Crippen LogP contribution in [0.3, 0.4) is 0 Å². The first-order chi connectivity index (χ1) is 15.8. The number of alkyl halides is 3. The quantitative estimate of drug-likeness (QED) is 0.454. The largest absolute Gasteiger partial charge is 0.494 e. The number of nitrogens with one attached hydrogen (secondary N) is 1. The number of nitrogens with zero attached hydrogens (tertiary/aromatic N) is 3. The molecule has 170 valence electrons. The number of nitrogens with two attached hydrogens (primary N) is 1. The molecule has 8 nitrogen and oxygen atoms in total. The molecule has 0 aliphatic rings. The number of hydrogen-bond donors (Lipinski definition) is 2. The number of aromatic nitrogens is 3. The van der Waals surface area contributed by atoms with E-state index in [1.54, 1.807) is 30.6 Å². The predicted octanol–water partition coefficient (Wildman–Crippen LogP) is 3.70. The fraction of sp³-hybridized carbons (Fsp3) is 0.182. The van der Waals surface area contributed by atoms with Gasteiger partial charge in [0.25, 0.3) is 5.91 Å². The number of ether oxygens (including phenoxy) is 1. The van der Waals surface area contributed by atoms with Crippen LogP contribution < -0.4 is 15.8 Å². The summed E-state index contributed by atoms with van der Waals surface area (Å²) in [6.07, 6.45) is -1.39. The Morgan fingerprint density at radius 3 is 2.67 bits per heavy atom. The standard InChI is InChI=1S/C22H18F3N5O3/c1-32-15-6-4-14(13-5-7-17(22(23,24)25)29-18(13)15)21-30-19(16(9-26)33-21)20(31)28-11-12-3-2-8-27-10-12/h2-8,10H,9,11,26H2,1H3,(H,28,31). The molecule has 1 amide bonds. The second kappa shape index (κ2) is 8.87. The third-order valence-corrected chi connectivity index (χ3v) is 4.83. The topological polar surface area (TPSA) is 116 Å². The summed E-state index contributed by atoms with van der Waals surface area (Å²) in [6, 6.07) is 8.70. The maximum atomic E-state index is 13.2. The van der Waals surface area contributed by atoms with Gasteiger partial charge >= 0.3 is 6.18 Å². The van der Waals surface area contributed by atoms with Gasteiger partial charge in [0.15, 0.2) is 11.5 Å². The van der Waals surface area contributed by atoms with Crippen molar-refractivity contribution in [2.75, 3.05) is 7.11 Å². The highest BCUT2D eigenvalue weighted by Crippen LogP contribution is 2.36. The number of carbonyl (C=O) groups excluding carboxylic acids is 1. The molecule has 0 aliphatic carbocycles. The first-order valence-corrected chi connectivity index (χ1v) is 9.74. The molecule has 0 spiro atoms. The molecule has 3 aromatic heterocycles. The van der Waals surface area contributed by atoms with E-state index in [1.165, 1.54) is 19.2 Å². The second-order valence-corrected chi connectivity index (χ2v) is 6.94.